The Hall–Kier alpha value is -2.46. The number of benzene rings is 1. The third-order valence-electron chi connectivity index (χ3n) is 5.81. The summed E-state index contributed by atoms with van der Waals surface area (Å²) in [6.07, 6.45) is 5.70. The van der Waals surface area contributed by atoms with Gasteiger partial charge in [-0.2, -0.15) is 0 Å². The first-order valence-electron chi connectivity index (χ1n) is 9.75. The predicted molar refractivity (Wildman–Crippen MR) is 107 cm³/mol. The molecule has 4 heteroatoms. The first kappa shape index (κ1) is 17.9. The monoisotopic (exact) mass is 361 g/mol. The molecule has 4 nitrogen and oxygen atoms in total. The molecule has 3 atom stereocenters. The summed E-state index contributed by atoms with van der Waals surface area (Å²) in [5, 5.41) is 0. The summed E-state index contributed by atoms with van der Waals surface area (Å²) in [4.78, 5) is 22.0. The van der Waals surface area contributed by atoms with E-state index in [0.29, 0.717) is 17.4 Å². The summed E-state index contributed by atoms with van der Waals surface area (Å²) in [6.45, 7) is 8.24. The molecule has 1 amide bonds. The molecule has 0 bridgehead atoms. The van der Waals surface area contributed by atoms with Crippen molar-refractivity contribution in [3.63, 3.8) is 0 Å². The minimum atomic E-state index is 0.0993. The van der Waals surface area contributed by atoms with Crippen LogP contribution in [0.25, 0.3) is 0 Å². The molecule has 2 aliphatic heterocycles. The molecule has 3 heterocycles. The molecule has 27 heavy (non-hydrogen) atoms. The van der Waals surface area contributed by atoms with Crippen LogP contribution in [0.4, 0.5) is 0 Å². The molecule has 0 N–H and O–H groups in total. The van der Waals surface area contributed by atoms with E-state index in [-0.39, 0.29) is 11.9 Å². The van der Waals surface area contributed by atoms with Gasteiger partial charge in [0.25, 0.3) is 5.91 Å². The molecule has 2 saturated heterocycles. The van der Waals surface area contributed by atoms with Crippen molar-refractivity contribution in [1.82, 2.24) is 14.8 Å². The fourth-order valence-corrected chi connectivity index (χ4v) is 4.54. The Balaban J connectivity index is 1.60. The minimum Gasteiger partial charge on any atom is -0.331 e. The van der Waals surface area contributed by atoms with E-state index in [1.807, 2.05) is 18.2 Å². The lowest BCUT2D eigenvalue weighted by molar-refractivity contribution is 0.0702. The molecule has 1 aromatic heterocycles. The summed E-state index contributed by atoms with van der Waals surface area (Å²) in [7, 11) is 0. The number of allylic oxidation sites excluding steroid dienone is 1. The van der Waals surface area contributed by atoms with Gasteiger partial charge >= 0.3 is 0 Å². The van der Waals surface area contributed by atoms with Gasteiger partial charge in [0.05, 0.1) is 11.6 Å². The summed E-state index contributed by atoms with van der Waals surface area (Å²) >= 11 is 0. The van der Waals surface area contributed by atoms with E-state index in [1.54, 1.807) is 12.4 Å². The molecule has 0 aliphatic carbocycles. The molecular weight excluding hydrogens is 334 g/mol. The third kappa shape index (κ3) is 3.67. The lowest BCUT2D eigenvalue weighted by atomic mass is 9.89. The van der Waals surface area contributed by atoms with Crippen LogP contribution in [0.5, 0.6) is 0 Å². The smallest absolute Gasteiger partial charge is 0.255 e. The second-order valence-electron chi connectivity index (χ2n) is 7.98. The van der Waals surface area contributed by atoms with E-state index in [9.17, 15) is 4.79 Å². The van der Waals surface area contributed by atoms with Gasteiger partial charge in [-0.3, -0.25) is 14.7 Å². The second kappa shape index (κ2) is 7.65. The number of carbonyl (C=O) groups excluding carboxylic acids is 1. The zero-order valence-electron chi connectivity index (χ0n) is 16.1. The van der Waals surface area contributed by atoms with Crippen LogP contribution in [0.15, 0.2) is 66.5 Å². The van der Waals surface area contributed by atoms with E-state index < -0.39 is 0 Å². The van der Waals surface area contributed by atoms with Crippen molar-refractivity contribution in [2.24, 2.45) is 11.8 Å². The van der Waals surface area contributed by atoms with E-state index in [1.165, 1.54) is 11.1 Å². The van der Waals surface area contributed by atoms with Crippen molar-refractivity contribution in [2.75, 3.05) is 26.2 Å². The number of pyridine rings is 1. The first-order chi connectivity index (χ1) is 13.1. The number of rotatable bonds is 4. The zero-order valence-corrected chi connectivity index (χ0v) is 16.1. The summed E-state index contributed by atoms with van der Waals surface area (Å²) < 4.78 is 0. The van der Waals surface area contributed by atoms with Crippen molar-refractivity contribution in [3.05, 3.63) is 77.6 Å². The van der Waals surface area contributed by atoms with Crippen molar-refractivity contribution in [1.29, 1.82) is 0 Å². The molecular formula is C23H27N3O. The number of aromatic nitrogens is 1. The molecule has 0 unspecified atom stereocenters. The van der Waals surface area contributed by atoms with Crippen molar-refractivity contribution >= 4 is 5.91 Å². The van der Waals surface area contributed by atoms with Crippen LogP contribution in [0.3, 0.4) is 0 Å². The molecule has 0 spiro atoms. The predicted octanol–water partition coefficient (Wildman–Crippen LogP) is 3.79. The standard InChI is InChI=1S/C23H27N3O/c1-17(2)10-12-25-14-20-15-26(23(27)19-9-6-11-24-13-19)22(21(20)16-25)18-7-4-3-5-8-18/h3-11,13,20-22H,12,14-16H2,1-2H3/t20-,21-,22+/m0/s1. The number of hydrogen-bond acceptors (Lipinski definition) is 3. The maximum atomic E-state index is 13.2. The Kier molecular flexibility index (Phi) is 5.08. The van der Waals surface area contributed by atoms with Gasteiger partial charge in [0, 0.05) is 44.5 Å². The van der Waals surface area contributed by atoms with E-state index in [4.69, 9.17) is 0 Å². The van der Waals surface area contributed by atoms with Crippen LogP contribution >= 0.6 is 0 Å². The van der Waals surface area contributed by atoms with Gasteiger partial charge in [0.1, 0.15) is 0 Å². The lowest BCUT2D eigenvalue weighted by Gasteiger charge is -2.30. The van der Waals surface area contributed by atoms with E-state index >= 15 is 0 Å². The maximum Gasteiger partial charge on any atom is 0.255 e. The number of nitrogens with zero attached hydrogens (tertiary/aromatic N) is 3. The Morgan fingerprint density at radius 3 is 2.63 bits per heavy atom. The molecule has 1 aromatic carbocycles. The fraction of sp³-hybridized carbons (Fsp3) is 0.391. The Labute approximate surface area is 161 Å². The van der Waals surface area contributed by atoms with Gasteiger partial charge in [0.15, 0.2) is 0 Å². The topological polar surface area (TPSA) is 36.4 Å². The largest absolute Gasteiger partial charge is 0.331 e. The van der Waals surface area contributed by atoms with Gasteiger partial charge in [0.2, 0.25) is 0 Å². The fourth-order valence-electron chi connectivity index (χ4n) is 4.54. The molecule has 0 saturated carbocycles. The summed E-state index contributed by atoms with van der Waals surface area (Å²) in [6, 6.07) is 14.4. The molecule has 2 fully saturated rings. The second-order valence-corrected chi connectivity index (χ2v) is 7.98. The summed E-state index contributed by atoms with van der Waals surface area (Å²) in [5.74, 6) is 1.11. The first-order valence-corrected chi connectivity index (χ1v) is 9.75. The highest BCUT2D eigenvalue weighted by molar-refractivity contribution is 5.94. The highest BCUT2D eigenvalue weighted by atomic mass is 16.2. The van der Waals surface area contributed by atoms with Crippen LogP contribution in [0, 0.1) is 11.8 Å². The van der Waals surface area contributed by atoms with Crippen LogP contribution in [-0.4, -0.2) is 46.9 Å². The Bertz CT molecular complexity index is 814. The number of carbonyl (C=O) groups is 1. The van der Waals surface area contributed by atoms with Crippen molar-refractivity contribution in [3.8, 4) is 0 Å². The number of hydrogen-bond donors (Lipinski definition) is 0. The number of amides is 1. The third-order valence-corrected chi connectivity index (χ3v) is 5.81. The molecule has 140 valence electrons. The van der Waals surface area contributed by atoms with Crippen LogP contribution < -0.4 is 0 Å². The van der Waals surface area contributed by atoms with Gasteiger partial charge in [-0.1, -0.05) is 42.0 Å². The van der Waals surface area contributed by atoms with Crippen molar-refractivity contribution < 1.29 is 4.79 Å². The highest BCUT2D eigenvalue weighted by Crippen LogP contribution is 2.45. The highest BCUT2D eigenvalue weighted by Gasteiger charge is 2.48. The SMILES string of the molecule is CC(C)=CCN1C[C@H]2CN(C(=O)c3cccnc3)[C@H](c3ccccc3)[C@H]2C1. The molecule has 2 aliphatic rings. The van der Waals surface area contributed by atoms with Gasteiger partial charge in [-0.15, -0.1) is 0 Å². The van der Waals surface area contributed by atoms with E-state index in [0.717, 1.165) is 26.2 Å². The van der Waals surface area contributed by atoms with Crippen LogP contribution in [0.1, 0.15) is 35.8 Å². The minimum absolute atomic E-state index is 0.0993. The average molecular weight is 361 g/mol. The van der Waals surface area contributed by atoms with Crippen LogP contribution in [-0.2, 0) is 0 Å². The normalized spacial score (nSPS) is 24.7. The zero-order chi connectivity index (χ0) is 18.8. The quantitative estimate of drug-likeness (QED) is 0.778. The molecule has 4 rings (SSSR count). The molecule has 0 radical (unpaired) electrons. The van der Waals surface area contributed by atoms with Crippen molar-refractivity contribution in [2.45, 2.75) is 19.9 Å². The Morgan fingerprint density at radius 2 is 1.93 bits per heavy atom. The van der Waals surface area contributed by atoms with E-state index in [2.05, 4.69) is 59.0 Å². The van der Waals surface area contributed by atoms with Crippen LogP contribution in [0.2, 0.25) is 0 Å². The lowest BCUT2D eigenvalue weighted by Crippen LogP contribution is -2.35. The Morgan fingerprint density at radius 1 is 1.11 bits per heavy atom. The van der Waals surface area contributed by atoms with Gasteiger partial charge in [-0.25, -0.2) is 0 Å². The van der Waals surface area contributed by atoms with Gasteiger partial charge in [-0.05, 0) is 37.5 Å². The average Bonchev–Trinajstić information content (AvgIpc) is 3.24. The maximum absolute atomic E-state index is 13.2. The number of likely N-dealkylation sites (tertiary alicyclic amines) is 2. The number of fused-ring (bicyclic) bond motifs is 1. The molecule has 2 aromatic rings. The summed E-state index contributed by atoms with van der Waals surface area (Å²) in [5.41, 5.74) is 3.28. The van der Waals surface area contributed by atoms with Gasteiger partial charge < -0.3 is 4.90 Å².